The van der Waals surface area contributed by atoms with E-state index in [-0.39, 0.29) is 5.91 Å². The van der Waals surface area contributed by atoms with E-state index in [1.165, 1.54) is 0 Å². The SMILES string of the molecule is O=C(CCCOc1ccccc1)N1CCc2nc(-c3cccnc3)nn2CC1. The molecular formula is C21H23N5O2. The number of para-hydroxylation sites is 1. The van der Waals surface area contributed by atoms with Gasteiger partial charge in [0.2, 0.25) is 5.91 Å². The number of hydrogen-bond acceptors (Lipinski definition) is 5. The minimum Gasteiger partial charge on any atom is -0.494 e. The average Bonchev–Trinajstić information content (AvgIpc) is 3.05. The van der Waals surface area contributed by atoms with Crippen LogP contribution >= 0.6 is 0 Å². The number of ether oxygens (including phenoxy) is 1. The molecule has 1 aromatic carbocycles. The summed E-state index contributed by atoms with van der Waals surface area (Å²) >= 11 is 0. The number of hydrogen-bond donors (Lipinski definition) is 0. The van der Waals surface area contributed by atoms with Crippen molar-refractivity contribution in [3.63, 3.8) is 0 Å². The number of nitrogens with zero attached hydrogens (tertiary/aromatic N) is 5. The molecule has 1 amide bonds. The van der Waals surface area contributed by atoms with E-state index in [4.69, 9.17) is 4.74 Å². The van der Waals surface area contributed by atoms with E-state index in [9.17, 15) is 4.79 Å². The molecule has 1 aliphatic heterocycles. The maximum atomic E-state index is 12.5. The van der Waals surface area contributed by atoms with E-state index in [0.717, 1.165) is 17.1 Å². The van der Waals surface area contributed by atoms with Gasteiger partial charge in [0, 0.05) is 43.9 Å². The topological polar surface area (TPSA) is 73.1 Å². The highest BCUT2D eigenvalue weighted by Crippen LogP contribution is 2.16. The zero-order valence-electron chi connectivity index (χ0n) is 15.7. The van der Waals surface area contributed by atoms with Gasteiger partial charge in [-0.05, 0) is 30.7 Å². The van der Waals surface area contributed by atoms with Gasteiger partial charge in [0.25, 0.3) is 0 Å². The number of amides is 1. The smallest absolute Gasteiger partial charge is 0.222 e. The minimum absolute atomic E-state index is 0.162. The molecule has 144 valence electrons. The van der Waals surface area contributed by atoms with Gasteiger partial charge in [-0.25, -0.2) is 9.67 Å². The zero-order valence-corrected chi connectivity index (χ0v) is 15.7. The lowest BCUT2D eigenvalue weighted by Gasteiger charge is -2.19. The summed E-state index contributed by atoms with van der Waals surface area (Å²) in [4.78, 5) is 23.2. The molecule has 0 aliphatic carbocycles. The van der Waals surface area contributed by atoms with Crippen molar-refractivity contribution in [1.82, 2.24) is 24.6 Å². The van der Waals surface area contributed by atoms with Crippen LogP contribution in [0.5, 0.6) is 5.75 Å². The van der Waals surface area contributed by atoms with Crippen molar-refractivity contribution < 1.29 is 9.53 Å². The molecule has 4 rings (SSSR count). The Morgan fingerprint density at radius 3 is 2.79 bits per heavy atom. The van der Waals surface area contributed by atoms with Crippen molar-refractivity contribution in [2.45, 2.75) is 25.8 Å². The standard InChI is InChI=1S/C21H23N5O2/c27-20(9-5-15-28-18-7-2-1-3-8-18)25-12-10-19-23-21(24-26(19)14-13-25)17-6-4-11-22-16-17/h1-4,6-8,11,16H,5,9-10,12-15H2. The van der Waals surface area contributed by atoms with E-state index < -0.39 is 0 Å². The molecule has 0 N–H and O–H groups in total. The largest absolute Gasteiger partial charge is 0.494 e. The maximum Gasteiger partial charge on any atom is 0.222 e. The molecule has 28 heavy (non-hydrogen) atoms. The zero-order chi connectivity index (χ0) is 19.2. The van der Waals surface area contributed by atoms with Crippen molar-refractivity contribution in [3.8, 4) is 17.1 Å². The Labute approximate surface area is 164 Å². The second-order valence-electron chi connectivity index (χ2n) is 6.71. The molecule has 0 bridgehead atoms. The van der Waals surface area contributed by atoms with Crippen LogP contribution in [0.3, 0.4) is 0 Å². The van der Waals surface area contributed by atoms with Gasteiger partial charge in [0.15, 0.2) is 5.82 Å². The van der Waals surface area contributed by atoms with Crippen molar-refractivity contribution in [3.05, 3.63) is 60.7 Å². The van der Waals surface area contributed by atoms with E-state index >= 15 is 0 Å². The number of pyridine rings is 1. The quantitative estimate of drug-likeness (QED) is 0.618. The number of carbonyl (C=O) groups excluding carboxylic acids is 1. The van der Waals surface area contributed by atoms with Gasteiger partial charge < -0.3 is 9.64 Å². The second-order valence-corrected chi connectivity index (χ2v) is 6.71. The van der Waals surface area contributed by atoms with Gasteiger partial charge in [-0.1, -0.05) is 18.2 Å². The van der Waals surface area contributed by atoms with Crippen LogP contribution in [0.4, 0.5) is 0 Å². The van der Waals surface area contributed by atoms with E-state index in [1.54, 1.807) is 12.4 Å². The predicted molar refractivity (Wildman–Crippen MR) is 105 cm³/mol. The van der Waals surface area contributed by atoms with Crippen LogP contribution in [0.1, 0.15) is 18.7 Å². The summed E-state index contributed by atoms with van der Waals surface area (Å²) in [6, 6.07) is 13.5. The Kier molecular flexibility index (Phi) is 5.61. The fraction of sp³-hybridized carbons (Fsp3) is 0.333. The molecule has 3 heterocycles. The van der Waals surface area contributed by atoms with Crippen LogP contribution in [-0.4, -0.2) is 50.3 Å². The third-order valence-electron chi connectivity index (χ3n) is 4.75. The first-order chi connectivity index (χ1) is 13.8. The molecule has 1 aliphatic rings. The van der Waals surface area contributed by atoms with Crippen LogP contribution in [0.2, 0.25) is 0 Å². The lowest BCUT2D eigenvalue weighted by atomic mass is 10.2. The van der Waals surface area contributed by atoms with Crippen LogP contribution < -0.4 is 4.74 Å². The van der Waals surface area contributed by atoms with Gasteiger partial charge in [-0.3, -0.25) is 9.78 Å². The molecule has 0 saturated heterocycles. The Morgan fingerprint density at radius 2 is 1.96 bits per heavy atom. The first kappa shape index (κ1) is 18.2. The summed E-state index contributed by atoms with van der Waals surface area (Å²) in [5, 5.41) is 4.59. The number of rotatable bonds is 6. The summed E-state index contributed by atoms with van der Waals surface area (Å²) < 4.78 is 7.57. The molecule has 0 unspecified atom stereocenters. The molecule has 7 nitrogen and oxygen atoms in total. The Bertz CT molecular complexity index is 886. The van der Waals surface area contributed by atoms with E-state index in [1.807, 2.05) is 52.0 Å². The molecular weight excluding hydrogens is 354 g/mol. The third-order valence-corrected chi connectivity index (χ3v) is 4.75. The van der Waals surface area contributed by atoms with Gasteiger partial charge in [0.05, 0.1) is 13.2 Å². The van der Waals surface area contributed by atoms with Gasteiger partial charge in [-0.15, -0.1) is 0 Å². The second kappa shape index (κ2) is 8.65. The highest BCUT2D eigenvalue weighted by Gasteiger charge is 2.21. The number of aromatic nitrogens is 4. The maximum absolute atomic E-state index is 12.5. The first-order valence-electron chi connectivity index (χ1n) is 9.59. The molecule has 2 aromatic heterocycles. The van der Waals surface area contributed by atoms with E-state index in [0.29, 0.717) is 51.3 Å². The van der Waals surface area contributed by atoms with Crippen molar-refractivity contribution in [1.29, 1.82) is 0 Å². The summed E-state index contributed by atoms with van der Waals surface area (Å²) in [6.45, 7) is 2.53. The molecule has 0 spiro atoms. The minimum atomic E-state index is 0.162. The Balaban J connectivity index is 1.27. The summed E-state index contributed by atoms with van der Waals surface area (Å²) in [5.41, 5.74) is 0.912. The third kappa shape index (κ3) is 4.36. The summed E-state index contributed by atoms with van der Waals surface area (Å²) in [6.07, 6.45) is 5.41. The van der Waals surface area contributed by atoms with Crippen LogP contribution in [0.25, 0.3) is 11.4 Å². The highest BCUT2D eigenvalue weighted by atomic mass is 16.5. The predicted octanol–water partition coefficient (Wildman–Crippen LogP) is 2.58. The Morgan fingerprint density at radius 1 is 1.07 bits per heavy atom. The van der Waals surface area contributed by atoms with Gasteiger partial charge >= 0.3 is 0 Å². The number of benzene rings is 1. The molecule has 7 heteroatoms. The molecule has 0 radical (unpaired) electrons. The monoisotopic (exact) mass is 377 g/mol. The Hall–Kier alpha value is -3.22. The average molecular weight is 377 g/mol. The lowest BCUT2D eigenvalue weighted by Crippen LogP contribution is -2.33. The molecule has 0 fully saturated rings. The van der Waals surface area contributed by atoms with Crippen LogP contribution in [0.15, 0.2) is 54.9 Å². The number of fused-ring (bicyclic) bond motifs is 1. The van der Waals surface area contributed by atoms with E-state index in [2.05, 4.69) is 15.1 Å². The van der Waals surface area contributed by atoms with Crippen molar-refractivity contribution >= 4 is 5.91 Å². The summed E-state index contributed by atoms with van der Waals surface area (Å²) in [5.74, 6) is 2.61. The normalized spacial score (nSPS) is 13.6. The fourth-order valence-corrected chi connectivity index (χ4v) is 3.26. The molecule has 0 atom stereocenters. The van der Waals surface area contributed by atoms with Crippen molar-refractivity contribution in [2.24, 2.45) is 0 Å². The fourth-order valence-electron chi connectivity index (χ4n) is 3.26. The first-order valence-corrected chi connectivity index (χ1v) is 9.59. The lowest BCUT2D eigenvalue weighted by molar-refractivity contribution is -0.131. The van der Waals surface area contributed by atoms with Gasteiger partial charge in [-0.2, -0.15) is 5.10 Å². The number of carbonyl (C=O) groups is 1. The van der Waals surface area contributed by atoms with Crippen molar-refractivity contribution in [2.75, 3.05) is 19.7 Å². The molecule has 0 saturated carbocycles. The van der Waals surface area contributed by atoms with Gasteiger partial charge in [0.1, 0.15) is 11.6 Å². The van der Waals surface area contributed by atoms with Crippen LogP contribution in [0, 0.1) is 0 Å². The summed E-state index contributed by atoms with van der Waals surface area (Å²) in [7, 11) is 0. The molecule has 3 aromatic rings. The highest BCUT2D eigenvalue weighted by molar-refractivity contribution is 5.76. The van der Waals surface area contributed by atoms with Crippen LogP contribution in [-0.2, 0) is 17.8 Å².